The molecule has 1 aliphatic carbocycles. The summed E-state index contributed by atoms with van der Waals surface area (Å²) < 4.78 is 0. The van der Waals surface area contributed by atoms with E-state index in [-0.39, 0.29) is 12.0 Å². The number of rotatable bonds is 5. The van der Waals surface area contributed by atoms with Crippen LogP contribution in [0.15, 0.2) is 24.5 Å². The van der Waals surface area contributed by atoms with Crippen molar-refractivity contribution in [1.29, 1.82) is 0 Å². The van der Waals surface area contributed by atoms with Gasteiger partial charge in [-0.3, -0.25) is 9.78 Å². The number of hydrogen-bond acceptors (Lipinski definition) is 3. The van der Waals surface area contributed by atoms with E-state index in [2.05, 4.69) is 10.3 Å². The number of hydrogen-bond donors (Lipinski definition) is 2. The van der Waals surface area contributed by atoms with Crippen LogP contribution in [0.1, 0.15) is 18.4 Å². The highest BCUT2D eigenvalue weighted by Gasteiger charge is 2.29. The number of pyridine rings is 1. The molecule has 86 valence electrons. The molecule has 1 aliphatic rings. The maximum Gasteiger partial charge on any atom is 0.224 e. The lowest BCUT2D eigenvalue weighted by atomic mass is 10.2. The first-order chi connectivity index (χ1) is 7.75. The number of aliphatic hydroxyl groups is 1. The van der Waals surface area contributed by atoms with Crippen LogP contribution in [-0.2, 0) is 11.2 Å². The standard InChI is InChI=1S/C12H16N2O2/c15-11(10-3-4-10)8-14-12(16)6-9-2-1-5-13-7-9/h1-2,5,7,10-11,15H,3-4,6,8H2,(H,14,16). The number of carbonyl (C=O) groups is 1. The van der Waals surface area contributed by atoms with Crippen molar-refractivity contribution in [2.75, 3.05) is 6.54 Å². The zero-order valence-corrected chi connectivity index (χ0v) is 9.10. The van der Waals surface area contributed by atoms with Gasteiger partial charge in [0.2, 0.25) is 5.91 Å². The quantitative estimate of drug-likeness (QED) is 0.760. The normalized spacial score (nSPS) is 16.8. The Morgan fingerprint density at radius 2 is 2.44 bits per heavy atom. The van der Waals surface area contributed by atoms with Crippen molar-refractivity contribution in [3.05, 3.63) is 30.1 Å². The summed E-state index contributed by atoms with van der Waals surface area (Å²) in [4.78, 5) is 15.5. The van der Waals surface area contributed by atoms with Crippen LogP contribution in [-0.4, -0.2) is 28.6 Å². The average molecular weight is 220 g/mol. The van der Waals surface area contributed by atoms with Gasteiger partial charge in [0, 0.05) is 18.9 Å². The number of nitrogens with zero attached hydrogens (tertiary/aromatic N) is 1. The number of amides is 1. The van der Waals surface area contributed by atoms with Gasteiger partial charge in [0.15, 0.2) is 0 Å². The Morgan fingerprint density at radius 3 is 3.06 bits per heavy atom. The minimum atomic E-state index is -0.377. The second-order valence-electron chi connectivity index (χ2n) is 4.25. The fourth-order valence-electron chi connectivity index (χ4n) is 1.62. The number of aromatic nitrogens is 1. The second-order valence-corrected chi connectivity index (χ2v) is 4.25. The van der Waals surface area contributed by atoms with Crippen molar-refractivity contribution in [1.82, 2.24) is 10.3 Å². The molecule has 1 amide bonds. The number of aliphatic hydroxyl groups excluding tert-OH is 1. The highest BCUT2D eigenvalue weighted by atomic mass is 16.3. The van der Waals surface area contributed by atoms with E-state index in [0.717, 1.165) is 18.4 Å². The van der Waals surface area contributed by atoms with Crippen molar-refractivity contribution >= 4 is 5.91 Å². The van der Waals surface area contributed by atoms with Crippen molar-refractivity contribution in [2.45, 2.75) is 25.4 Å². The van der Waals surface area contributed by atoms with E-state index in [4.69, 9.17) is 0 Å². The zero-order chi connectivity index (χ0) is 11.4. The van der Waals surface area contributed by atoms with Crippen molar-refractivity contribution < 1.29 is 9.90 Å². The topological polar surface area (TPSA) is 62.2 Å². The number of carbonyl (C=O) groups excluding carboxylic acids is 1. The molecule has 0 aliphatic heterocycles. The van der Waals surface area contributed by atoms with Crippen LogP contribution in [0, 0.1) is 5.92 Å². The monoisotopic (exact) mass is 220 g/mol. The maximum absolute atomic E-state index is 11.5. The molecule has 0 saturated heterocycles. The molecule has 0 aromatic carbocycles. The van der Waals surface area contributed by atoms with Crippen LogP contribution in [0.5, 0.6) is 0 Å². The summed E-state index contributed by atoms with van der Waals surface area (Å²) in [5.41, 5.74) is 0.890. The molecule has 16 heavy (non-hydrogen) atoms. The molecule has 4 heteroatoms. The van der Waals surface area contributed by atoms with Crippen LogP contribution in [0.3, 0.4) is 0 Å². The lowest BCUT2D eigenvalue weighted by Crippen LogP contribution is -2.34. The van der Waals surface area contributed by atoms with E-state index in [9.17, 15) is 9.90 Å². The maximum atomic E-state index is 11.5. The Hall–Kier alpha value is -1.42. The molecule has 4 nitrogen and oxygen atoms in total. The summed E-state index contributed by atoms with van der Waals surface area (Å²) in [5.74, 6) is 0.339. The van der Waals surface area contributed by atoms with Crippen LogP contribution >= 0.6 is 0 Å². The van der Waals surface area contributed by atoms with E-state index < -0.39 is 0 Å². The molecule has 2 rings (SSSR count). The zero-order valence-electron chi connectivity index (χ0n) is 9.10. The Labute approximate surface area is 94.7 Å². The van der Waals surface area contributed by atoms with Gasteiger partial charge in [-0.15, -0.1) is 0 Å². The third-order valence-electron chi connectivity index (χ3n) is 2.76. The molecule has 1 saturated carbocycles. The van der Waals surface area contributed by atoms with E-state index in [1.54, 1.807) is 12.4 Å². The molecular weight excluding hydrogens is 204 g/mol. The summed E-state index contributed by atoms with van der Waals surface area (Å²) in [7, 11) is 0. The molecule has 1 aromatic rings. The van der Waals surface area contributed by atoms with Crippen molar-refractivity contribution in [3.63, 3.8) is 0 Å². The third kappa shape index (κ3) is 3.31. The van der Waals surface area contributed by atoms with Gasteiger partial charge < -0.3 is 10.4 Å². The Bertz CT molecular complexity index is 349. The van der Waals surface area contributed by atoms with Crippen LogP contribution in [0.4, 0.5) is 0 Å². The second kappa shape index (κ2) is 5.07. The first kappa shape index (κ1) is 11.1. The predicted octanol–water partition coefficient (Wildman–Crippen LogP) is 0.511. The van der Waals surface area contributed by atoms with Crippen LogP contribution in [0.2, 0.25) is 0 Å². The Morgan fingerprint density at radius 1 is 1.62 bits per heavy atom. The highest BCUT2D eigenvalue weighted by molar-refractivity contribution is 5.78. The summed E-state index contributed by atoms with van der Waals surface area (Å²) >= 11 is 0. The SMILES string of the molecule is O=C(Cc1cccnc1)NCC(O)C1CC1. The Balaban J connectivity index is 1.72. The van der Waals surface area contributed by atoms with E-state index >= 15 is 0 Å². The number of nitrogens with one attached hydrogen (secondary N) is 1. The smallest absolute Gasteiger partial charge is 0.224 e. The summed E-state index contributed by atoms with van der Waals surface area (Å²) in [6.07, 6.45) is 5.47. The average Bonchev–Trinajstić information content (AvgIpc) is 3.11. The largest absolute Gasteiger partial charge is 0.391 e. The predicted molar refractivity (Wildman–Crippen MR) is 59.7 cm³/mol. The first-order valence-corrected chi connectivity index (χ1v) is 5.59. The lowest BCUT2D eigenvalue weighted by molar-refractivity contribution is -0.120. The minimum absolute atomic E-state index is 0.0623. The summed E-state index contributed by atoms with van der Waals surface area (Å²) in [5, 5.41) is 12.3. The molecule has 1 aromatic heterocycles. The molecule has 0 spiro atoms. The van der Waals surface area contributed by atoms with E-state index in [1.807, 2.05) is 12.1 Å². The van der Waals surface area contributed by atoms with Gasteiger partial charge in [-0.25, -0.2) is 0 Å². The third-order valence-corrected chi connectivity index (χ3v) is 2.76. The van der Waals surface area contributed by atoms with Gasteiger partial charge in [-0.1, -0.05) is 6.07 Å². The molecule has 0 radical (unpaired) electrons. The first-order valence-electron chi connectivity index (χ1n) is 5.59. The van der Waals surface area contributed by atoms with Gasteiger partial charge in [0.1, 0.15) is 0 Å². The fourth-order valence-corrected chi connectivity index (χ4v) is 1.62. The fraction of sp³-hybridized carbons (Fsp3) is 0.500. The van der Waals surface area contributed by atoms with Crippen molar-refractivity contribution in [3.8, 4) is 0 Å². The van der Waals surface area contributed by atoms with Gasteiger partial charge >= 0.3 is 0 Å². The molecule has 1 heterocycles. The Kier molecular flexibility index (Phi) is 3.51. The molecule has 0 bridgehead atoms. The lowest BCUT2D eigenvalue weighted by Gasteiger charge is -2.10. The van der Waals surface area contributed by atoms with Crippen LogP contribution in [0.25, 0.3) is 0 Å². The molecular formula is C12H16N2O2. The summed E-state index contributed by atoms with van der Waals surface area (Å²) in [6.45, 7) is 0.365. The summed E-state index contributed by atoms with van der Waals surface area (Å²) in [6, 6.07) is 3.67. The van der Waals surface area contributed by atoms with Crippen LogP contribution < -0.4 is 5.32 Å². The van der Waals surface area contributed by atoms with E-state index in [1.165, 1.54) is 0 Å². The molecule has 1 atom stereocenters. The molecule has 2 N–H and O–H groups in total. The minimum Gasteiger partial charge on any atom is -0.391 e. The van der Waals surface area contributed by atoms with E-state index in [0.29, 0.717) is 18.9 Å². The van der Waals surface area contributed by atoms with Gasteiger partial charge in [0.05, 0.1) is 12.5 Å². The highest BCUT2D eigenvalue weighted by Crippen LogP contribution is 2.32. The van der Waals surface area contributed by atoms with Crippen molar-refractivity contribution in [2.24, 2.45) is 5.92 Å². The molecule has 1 fully saturated rings. The van der Waals surface area contributed by atoms with Gasteiger partial charge in [-0.05, 0) is 30.4 Å². The van der Waals surface area contributed by atoms with Gasteiger partial charge in [-0.2, -0.15) is 0 Å². The van der Waals surface area contributed by atoms with Gasteiger partial charge in [0.25, 0.3) is 0 Å². The molecule has 1 unspecified atom stereocenters.